The molecule has 0 aliphatic carbocycles. The zero-order valence-corrected chi connectivity index (χ0v) is 10.1. The van der Waals surface area contributed by atoms with Crippen LogP contribution in [0.5, 0.6) is 0 Å². The number of hydrogen-bond acceptors (Lipinski definition) is 5. The molecular formula is C9H20N2O3S. The molecule has 1 aliphatic heterocycles. The Morgan fingerprint density at radius 3 is 2.53 bits per heavy atom. The average molecular weight is 236 g/mol. The molecule has 90 valence electrons. The number of nitrogens with zero attached hydrogens (tertiary/aromatic N) is 1. The second-order valence-corrected chi connectivity index (χ2v) is 6.52. The van der Waals surface area contributed by atoms with Crippen LogP contribution in [0, 0.1) is 0 Å². The van der Waals surface area contributed by atoms with Crippen molar-refractivity contribution >= 4 is 9.84 Å². The Labute approximate surface area is 91.4 Å². The molecule has 0 spiro atoms. The van der Waals surface area contributed by atoms with Gasteiger partial charge in [0.05, 0.1) is 17.6 Å². The van der Waals surface area contributed by atoms with Gasteiger partial charge >= 0.3 is 0 Å². The molecule has 1 fully saturated rings. The fourth-order valence-electron chi connectivity index (χ4n) is 1.71. The van der Waals surface area contributed by atoms with Crippen molar-refractivity contribution in [3.8, 4) is 0 Å². The summed E-state index contributed by atoms with van der Waals surface area (Å²) < 4.78 is 22.4. The maximum atomic E-state index is 11.2. The lowest BCUT2D eigenvalue weighted by Gasteiger charge is -2.15. The molecule has 0 radical (unpaired) electrons. The van der Waals surface area contributed by atoms with Crippen molar-refractivity contribution in [1.29, 1.82) is 0 Å². The highest BCUT2D eigenvalue weighted by Gasteiger charge is 2.35. The molecule has 0 aromatic carbocycles. The Morgan fingerprint density at radius 1 is 1.40 bits per heavy atom. The third kappa shape index (κ3) is 4.46. The van der Waals surface area contributed by atoms with E-state index in [4.69, 9.17) is 0 Å². The summed E-state index contributed by atoms with van der Waals surface area (Å²) >= 11 is 0. The van der Waals surface area contributed by atoms with Crippen LogP contribution in [0.2, 0.25) is 0 Å². The summed E-state index contributed by atoms with van der Waals surface area (Å²) in [5.41, 5.74) is 0. The molecule has 1 aliphatic rings. The van der Waals surface area contributed by atoms with Crippen LogP contribution in [-0.4, -0.2) is 69.3 Å². The van der Waals surface area contributed by atoms with E-state index >= 15 is 0 Å². The lowest BCUT2D eigenvalue weighted by molar-refractivity contribution is 0.165. The molecule has 15 heavy (non-hydrogen) atoms. The number of rotatable bonds is 5. The smallest absolute Gasteiger partial charge is 0.154 e. The fourth-order valence-corrected chi connectivity index (χ4v) is 3.48. The molecule has 0 saturated carbocycles. The Balaban J connectivity index is 2.23. The van der Waals surface area contributed by atoms with Gasteiger partial charge in [-0.2, -0.15) is 0 Å². The summed E-state index contributed by atoms with van der Waals surface area (Å²) in [5, 5.41) is 12.6. The SMILES string of the molecule is CN(C)CCCN[C@@H]1CS(=O)(=O)C[C@H]1O. The first-order valence-electron chi connectivity index (χ1n) is 5.17. The van der Waals surface area contributed by atoms with Crippen molar-refractivity contribution < 1.29 is 13.5 Å². The van der Waals surface area contributed by atoms with E-state index in [0.29, 0.717) is 0 Å². The summed E-state index contributed by atoms with van der Waals surface area (Å²) in [6, 6.07) is -0.280. The van der Waals surface area contributed by atoms with E-state index < -0.39 is 15.9 Å². The van der Waals surface area contributed by atoms with Crippen LogP contribution in [0.4, 0.5) is 0 Å². The van der Waals surface area contributed by atoms with E-state index in [1.807, 2.05) is 14.1 Å². The number of aliphatic hydroxyl groups excluding tert-OH is 1. The summed E-state index contributed by atoms with van der Waals surface area (Å²) in [4.78, 5) is 2.07. The predicted octanol–water partition coefficient (Wildman–Crippen LogP) is -1.31. The lowest BCUT2D eigenvalue weighted by Crippen LogP contribution is -2.39. The van der Waals surface area contributed by atoms with Gasteiger partial charge in [-0.05, 0) is 33.6 Å². The van der Waals surface area contributed by atoms with E-state index in [0.717, 1.165) is 19.5 Å². The highest BCUT2D eigenvalue weighted by atomic mass is 32.2. The molecule has 6 heteroatoms. The molecule has 2 N–H and O–H groups in total. The van der Waals surface area contributed by atoms with Crippen LogP contribution in [0.1, 0.15) is 6.42 Å². The maximum absolute atomic E-state index is 11.2. The van der Waals surface area contributed by atoms with Crippen LogP contribution in [-0.2, 0) is 9.84 Å². The van der Waals surface area contributed by atoms with Crippen molar-refractivity contribution in [2.45, 2.75) is 18.6 Å². The van der Waals surface area contributed by atoms with Gasteiger partial charge in [-0.15, -0.1) is 0 Å². The van der Waals surface area contributed by atoms with Gasteiger partial charge in [0.25, 0.3) is 0 Å². The Kier molecular flexibility index (Phi) is 4.51. The normalized spacial score (nSPS) is 29.9. The Morgan fingerprint density at radius 2 is 2.07 bits per heavy atom. The molecule has 0 amide bonds. The fraction of sp³-hybridized carbons (Fsp3) is 1.00. The lowest BCUT2D eigenvalue weighted by atomic mass is 10.2. The number of sulfone groups is 1. The van der Waals surface area contributed by atoms with Crippen molar-refractivity contribution in [3.05, 3.63) is 0 Å². The van der Waals surface area contributed by atoms with Crippen molar-refractivity contribution in [2.24, 2.45) is 0 Å². The van der Waals surface area contributed by atoms with Crippen molar-refractivity contribution in [1.82, 2.24) is 10.2 Å². The predicted molar refractivity (Wildman–Crippen MR) is 59.6 cm³/mol. The summed E-state index contributed by atoms with van der Waals surface area (Å²) in [7, 11) is 0.969. The van der Waals surface area contributed by atoms with Crippen LogP contribution in [0.25, 0.3) is 0 Å². The second kappa shape index (κ2) is 5.25. The Hall–Kier alpha value is -0.170. The molecule has 0 bridgehead atoms. The number of hydrogen-bond donors (Lipinski definition) is 2. The van der Waals surface area contributed by atoms with Crippen LogP contribution in [0.15, 0.2) is 0 Å². The minimum Gasteiger partial charge on any atom is -0.390 e. The molecule has 0 aromatic rings. The highest BCUT2D eigenvalue weighted by Crippen LogP contribution is 2.12. The zero-order valence-electron chi connectivity index (χ0n) is 9.31. The second-order valence-electron chi connectivity index (χ2n) is 4.36. The van der Waals surface area contributed by atoms with E-state index in [1.54, 1.807) is 0 Å². The number of nitrogens with one attached hydrogen (secondary N) is 1. The third-order valence-electron chi connectivity index (χ3n) is 2.51. The summed E-state index contributed by atoms with van der Waals surface area (Å²) in [6.45, 7) is 1.71. The van der Waals surface area contributed by atoms with E-state index in [2.05, 4.69) is 10.2 Å². The molecule has 1 heterocycles. The Bertz CT molecular complexity index is 290. The first kappa shape index (κ1) is 12.9. The van der Waals surface area contributed by atoms with E-state index in [9.17, 15) is 13.5 Å². The standard InChI is InChI=1S/C9H20N2O3S/c1-11(2)5-3-4-10-8-6-15(13,14)7-9(8)12/h8-10,12H,3-7H2,1-2H3/t8-,9-/m1/s1. The molecular weight excluding hydrogens is 216 g/mol. The van der Waals surface area contributed by atoms with Gasteiger partial charge in [-0.3, -0.25) is 0 Å². The molecule has 0 unspecified atom stereocenters. The van der Waals surface area contributed by atoms with Crippen molar-refractivity contribution in [3.63, 3.8) is 0 Å². The average Bonchev–Trinajstić information content (AvgIpc) is 2.33. The van der Waals surface area contributed by atoms with Gasteiger partial charge in [0.1, 0.15) is 0 Å². The van der Waals surface area contributed by atoms with Gasteiger partial charge in [0.15, 0.2) is 9.84 Å². The van der Waals surface area contributed by atoms with Crippen LogP contribution >= 0.6 is 0 Å². The van der Waals surface area contributed by atoms with Gasteiger partial charge in [0.2, 0.25) is 0 Å². The van der Waals surface area contributed by atoms with Crippen LogP contribution in [0.3, 0.4) is 0 Å². The summed E-state index contributed by atoms with van der Waals surface area (Å²) in [5.74, 6) is -0.0333. The molecule has 1 rings (SSSR count). The molecule has 2 atom stereocenters. The molecule has 0 aromatic heterocycles. The van der Waals surface area contributed by atoms with E-state index in [-0.39, 0.29) is 17.5 Å². The van der Waals surface area contributed by atoms with Gasteiger partial charge in [-0.25, -0.2) is 8.42 Å². The highest BCUT2D eigenvalue weighted by molar-refractivity contribution is 7.91. The first-order chi connectivity index (χ1) is 6.91. The first-order valence-corrected chi connectivity index (χ1v) is 6.99. The zero-order chi connectivity index (χ0) is 11.5. The molecule has 5 nitrogen and oxygen atoms in total. The minimum atomic E-state index is -3.02. The van der Waals surface area contributed by atoms with Gasteiger partial charge in [-0.1, -0.05) is 0 Å². The monoisotopic (exact) mass is 236 g/mol. The quantitative estimate of drug-likeness (QED) is 0.580. The van der Waals surface area contributed by atoms with Gasteiger partial charge < -0.3 is 15.3 Å². The summed E-state index contributed by atoms with van der Waals surface area (Å²) in [6.07, 6.45) is 0.213. The number of aliphatic hydroxyl groups is 1. The minimum absolute atomic E-state index is 0.0656. The largest absolute Gasteiger partial charge is 0.390 e. The molecule has 1 saturated heterocycles. The van der Waals surface area contributed by atoms with Crippen molar-refractivity contribution in [2.75, 3.05) is 38.7 Å². The van der Waals surface area contributed by atoms with Gasteiger partial charge in [0, 0.05) is 6.04 Å². The third-order valence-corrected chi connectivity index (χ3v) is 4.23. The van der Waals surface area contributed by atoms with Crippen LogP contribution < -0.4 is 5.32 Å². The van der Waals surface area contributed by atoms with E-state index in [1.165, 1.54) is 0 Å². The topological polar surface area (TPSA) is 69.6 Å². The maximum Gasteiger partial charge on any atom is 0.154 e.